The Morgan fingerprint density at radius 1 is 1.29 bits per heavy atom. The third-order valence-corrected chi connectivity index (χ3v) is 4.50. The highest BCUT2D eigenvalue weighted by Gasteiger charge is 2.15. The normalized spacial score (nSPS) is 14.4. The van der Waals surface area contributed by atoms with E-state index in [1.54, 1.807) is 6.20 Å². The lowest BCUT2D eigenvalue weighted by atomic mass is 9.94. The van der Waals surface area contributed by atoms with Crippen LogP contribution in [-0.4, -0.2) is 15.5 Å². The van der Waals surface area contributed by atoms with Gasteiger partial charge in [-0.3, -0.25) is 4.79 Å². The molecule has 2 heterocycles. The molecule has 0 fully saturated rings. The van der Waals surface area contributed by atoms with Crippen LogP contribution in [0.3, 0.4) is 0 Å². The summed E-state index contributed by atoms with van der Waals surface area (Å²) in [5.41, 5.74) is 4.76. The van der Waals surface area contributed by atoms with Crippen molar-refractivity contribution < 1.29 is 4.79 Å². The van der Waals surface area contributed by atoms with Crippen LogP contribution >= 0.6 is 0 Å². The lowest BCUT2D eigenvalue weighted by Crippen LogP contribution is -2.18. The van der Waals surface area contributed by atoms with E-state index in [2.05, 4.69) is 35.6 Å². The average Bonchev–Trinajstić information content (AvgIpc) is 3.10. The van der Waals surface area contributed by atoms with Crippen LogP contribution in [-0.2, 0) is 11.2 Å². The third-order valence-electron chi connectivity index (χ3n) is 4.50. The monoisotopic (exact) mass is 323 g/mol. The highest BCUT2D eigenvalue weighted by molar-refractivity contribution is 5.94. The van der Waals surface area contributed by atoms with Gasteiger partial charge in [0, 0.05) is 30.7 Å². The Kier molecular flexibility index (Phi) is 5.47. The van der Waals surface area contributed by atoms with E-state index in [1.165, 1.54) is 42.4 Å². The second-order valence-corrected chi connectivity index (χ2v) is 6.39. The lowest BCUT2D eigenvalue weighted by molar-refractivity contribution is -0.116. The molecule has 2 aromatic rings. The minimum Gasteiger partial charge on any atom is -0.326 e. The second kappa shape index (κ2) is 7.95. The van der Waals surface area contributed by atoms with Gasteiger partial charge in [0.15, 0.2) is 0 Å². The van der Waals surface area contributed by atoms with Crippen molar-refractivity contribution in [1.29, 1.82) is 0 Å². The first-order valence-electron chi connectivity index (χ1n) is 8.87. The Hall–Kier alpha value is -2.36. The number of rotatable bonds is 7. The predicted octanol–water partition coefficient (Wildman–Crippen LogP) is 4.74. The summed E-state index contributed by atoms with van der Waals surface area (Å²) in [5, 5.41) is 2.96. The number of aromatic nitrogens is 2. The topological polar surface area (TPSA) is 46.9 Å². The van der Waals surface area contributed by atoms with Crippen LogP contribution in [0.5, 0.6) is 0 Å². The summed E-state index contributed by atoms with van der Waals surface area (Å²) in [6, 6.07) is 6.39. The van der Waals surface area contributed by atoms with E-state index in [0.29, 0.717) is 6.42 Å². The molecule has 0 atom stereocenters. The van der Waals surface area contributed by atoms with Gasteiger partial charge in [0.2, 0.25) is 5.91 Å². The van der Waals surface area contributed by atoms with E-state index in [0.717, 1.165) is 18.5 Å². The molecule has 0 saturated carbocycles. The fourth-order valence-electron chi connectivity index (χ4n) is 3.13. The molecule has 4 heteroatoms. The zero-order chi connectivity index (χ0) is 16.8. The molecule has 1 amide bonds. The third kappa shape index (κ3) is 4.13. The SMILES string of the molecule is CCCCCC/C(=C/n1ccnc1)c1ccc2c(c1)CCC(=O)N2. The van der Waals surface area contributed by atoms with Gasteiger partial charge < -0.3 is 9.88 Å². The number of amides is 1. The van der Waals surface area contributed by atoms with Gasteiger partial charge in [0.05, 0.1) is 6.33 Å². The fourth-order valence-corrected chi connectivity index (χ4v) is 3.13. The average molecular weight is 323 g/mol. The van der Waals surface area contributed by atoms with E-state index in [9.17, 15) is 4.79 Å². The van der Waals surface area contributed by atoms with Crippen molar-refractivity contribution >= 4 is 23.4 Å². The van der Waals surface area contributed by atoms with Crippen LogP contribution in [0.15, 0.2) is 36.9 Å². The van der Waals surface area contributed by atoms with Gasteiger partial charge in [-0.2, -0.15) is 0 Å². The summed E-state index contributed by atoms with van der Waals surface area (Å²) >= 11 is 0. The number of anilines is 1. The van der Waals surface area contributed by atoms with Crippen LogP contribution in [0, 0.1) is 0 Å². The van der Waals surface area contributed by atoms with Gasteiger partial charge in [0.25, 0.3) is 0 Å². The Bertz CT molecular complexity index is 716. The summed E-state index contributed by atoms with van der Waals surface area (Å²) in [4.78, 5) is 15.7. The smallest absolute Gasteiger partial charge is 0.224 e. The zero-order valence-electron chi connectivity index (χ0n) is 14.3. The molecular formula is C20H25N3O. The summed E-state index contributed by atoms with van der Waals surface area (Å²) in [6.45, 7) is 2.24. The number of allylic oxidation sites excluding steroid dienone is 1. The largest absolute Gasteiger partial charge is 0.326 e. The van der Waals surface area contributed by atoms with Crippen molar-refractivity contribution in [2.45, 2.75) is 51.9 Å². The van der Waals surface area contributed by atoms with Crippen molar-refractivity contribution in [2.24, 2.45) is 0 Å². The molecule has 0 aliphatic carbocycles. The molecule has 0 radical (unpaired) electrons. The summed E-state index contributed by atoms with van der Waals surface area (Å²) in [6.07, 6.45) is 15.2. The molecule has 0 bridgehead atoms. The molecule has 1 aliphatic rings. The summed E-state index contributed by atoms with van der Waals surface area (Å²) < 4.78 is 2.01. The Labute approximate surface area is 143 Å². The number of nitrogens with zero attached hydrogens (tertiary/aromatic N) is 2. The highest BCUT2D eigenvalue weighted by Crippen LogP contribution is 2.29. The highest BCUT2D eigenvalue weighted by atomic mass is 16.1. The number of benzene rings is 1. The number of nitrogens with one attached hydrogen (secondary N) is 1. The van der Waals surface area contributed by atoms with Crippen molar-refractivity contribution in [3.63, 3.8) is 0 Å². The maximum atomic E-state index is 11.5. The number of hydrogen-bond donors (Lipinski definition) is 1. The van der Waals surface area contributed by atoms with Crippen molar-refractivity contribution in [1.82, 2.24) is 9.55 Å². The molecule has 126 valence electrons. The van der Waals surface area contributed by atoms with E-state index >= 15 is 0 Å². The van der Waals surface area contributed by atoms with E-state index < -0.39 is 0 Å². The molecule has 0 spiro atoms. The van der Waals surface area contributed by atoms with Crippen molar-refractivity contribution in [2.75, 3.05) is 5.32 Å². The van der Waals surface area contributed by atoms with Gasteiger partial charge in [0.1, 0.15) is 0 Å². The zero-order valence-corrected chi connectivity index (χ0v) is 14.3. The predicted molar refractivity (Wildman–Crippen MR) is 98.5 cm³/mol. The second-order valence-electron chi connectivity index (χ2n) is 6.39. The summed E-state index contributed by atoms with van der Waals surface area (Å²) in [7, 11) is 0. The Morgan fingerprint density at radius 2 is 2.21 bits per heavy atom. The van der Waals surface area contributed by atoms with Gasteiger partial charge in [-0.1, -0.05) is 32.3 Å². The van der Waals surface area contributed by atoms with E-state index in [4.69, 9.17) is 0 Å². The number of aryl methyl sites for hydroxylation is 1. The molecule has 1 aromatic heterocycles. The molecule has 4 nitrogen and oxygen atoms in total. The minimum absolute atomic E-state index is 0.115. The number of fused-ring (bicyclic) bond motifs is 1. The van der Waals surface area contributed by atoms with E-state index in [-0.39, 0.29) is 5.91 Å². The molecule has 1 aliphatic heterocycles. The first-order valence-corrected chi connectivity index (χ1v) is 8.87. The van der Waals surface area contributed by atoms with Crippen LogP contribution in [0.1, 0.15) is 56.6 Å². The van der Waals surface area contributed by atoms with Crippen LogP contribution in [0.25, 0.3) is 11.8 Å². The van der Waals surface area contributed by atoms with Crippen LogP contribution in [0.2, 0.25) is 0 Å². The van der Waals surface area contributed by atoms with Gasteiger partial charge >= 0.3 is 0 Å². The molecule has 0 saturated heterocycles. The van der Waals surface area contributed by atoms with Crippen molar-refractivity contribution in [3.8, 4) is 0 Å². The van der Waals surface area contributed by atoms with Gasteiger partial charge in [-0.25, -0.2) is 4.98 Å². The molecule has 1 N–H and O–H groups in total. The molecule has 0 unspecified atom stereocenters. The fraction of sp³-hybridized carbons (Fsp3) is 0.400. The Morgan fingerprint density at radius 3 is 3.00 bits per heavy atom. The molecule has 3 rings (SSSR count). The van der Waals surface area contributed by atoms with Gasteiger partial charge in [-0.15, -0.1) is 0 Å². The van der Waals surface area contributed by atoms with E-state index in [1.807, 2.05) is 23.2 Å². The number of unbranched alkanes of at least 4 members (excludes halogenated alkanes) is 3. The van der Waals surface area contributed by atoms with Crippen molar-refractivity contribution in [3.05, 3.63) is 48.0 Å². The first kappa shape index (κ1) is 16.5. The number of carbonyl (C=O) groups is 1. The molecule has 24 heavy (non-hydrogen) atoms. The number of carbonyl (C=O) groups excluding carboxylic acids is 1. The van der Waals surface area contributed by atoms with Gasteiger partial charge in [-0.05, 0) is 48.1 Å². The Balaban J connectivity index is 1.83. The summed E-state index contributed by atoms with van der Waals surface area (Å²) in [5.74, 6) is 0.115. The molecular weight excluding hydrogens is 298 g/mol. The quantitative estimate of drug-likeness (QED) is 0.748. The molecule has 1 aromatic carbocycles. The maximum Gasteiger partial charge on any atom is 0.224 e. The number of hydrogen-bond acceptors (Lipinski definition) is 2. The number of imidazole rings is 1. The lowest BCUT2D eigenvalue weighted by Gasteiger charge is -2.18. The minimum atomic E-state index is 0.115. The van der Waals surface area contributed by atoms with Crippen LogP contribution < -0.4 is 5.32 Å². The van der Waals surface area contributed by atoms with Crippen LogP contribution in [0.4, 0.5) is 5.69 Å². The first-order chi connectivity index (χ1) is 11.8. The maximum absolute atomic E-state index is 11.5. The standard InChI is InChI=1S/C20H25N3O/c1-2-3-4-5-6-18(14-23-12-11-21-15-23)16-7-9-19-17(13-16)8-10-20(24)22-19/h7,9,11-15H,2-6,8,10H2,1H3,(H,22,24)/b18-14-.